The van der Waals surface area contributed by atoms with Gasteiger partial charge >= 0.3 is 11.9 Å². The summed E-state index contributed by atoms with van der Waals surface area (Å²) in [4.78, 5) is 49.9. The quantitative estimate of drug-likeness (QED) is 0.0373. The molecule has 2 atom stereocenters. The zero-order chi connectivity index (χ0) is 35.9. The highest BCUT2D eigenvalue weighted by Gasteiger charge is 2.68. The lowest BCUT2D eigenvalue weighted by Crippen LogP contribution is -2.71. The minimum absolute atomic E-state index is 0.245. The van der Waals surface area contributed by atoms with Crippen LogP contribution < -0.4 is 0 Å². The third-order valence-electron chi connectivity index (χ3n) is 9.96. The third kappa shape index (κ3) is 19.4. The normalized spacial score (nSPS) is 14.0. The maximum Gasteiger partial charge on any atom is 0.347 e. The minimum Gasteiger partial charge on any atom is -0.479 e. The molecule has 0 aliphatic heterocycles. The first-order valence-electron chi connectivity index (χ1n) is 20.1. The van der Waals surface area contributed by atoms with E-state index in [9.17, 15) is 39.6 Å². The van der Waals surface area contributed by atoms with Gasteiger partial charge in [0, 0.05) is 12.8 Å². The first kappa shape index (κ1) is 46.2. The summed E-state index contributed by atoms with van der Waals surface area (Å²) in [6.07, 6.45) is 32.3. The third-order valence-corrected chi connectivity index (χ3v) is 9.96. The number of Topliss-reactive ketones (excluding diaryl/α,β-unsaturated/α-hetero) is 2. The Bertz CT molecular complexity index is 775. The Hall–Kier alpha value is -1.80. The molecule has 0 aliphatic rings. The molecule has 0 saturated heterocycles. The number of aliphatic carboxylic acids is 2. The number of ketones is 2. The Morgan fingerprint density at radius 3 is 0.667 bits per heavy atom. The number of unbranched alkanes of at least 4 members (excludes halogenated alkanes) is 28. The summed E-state index contributed by atoms with van der Waals surface area (Å²) in [5.41, 5.74) is -7.47. The van der Waals surface area contributed by atoms with Crippen LogP contribution in [0, 0.1) is 0 Å². The van der Waals surface area contributed by atoms with E-state index in [1.54, 1.807) is 0 Å². The zero-order valence-corrected chi connectivity index (χ0v) is 31.0. The Kier molecular flexibility index (Phi) is 28.9. The predicted molar refractivity (Wildman–Crippen MR) is 194 cm³/mol. The Labute approximate surface area is 293 Å². The molecule has 0 spiro atoms. The van der Waals surface area contributed by atoms with Gasteiger partial charge in [0.15, 0.2) is 11.6 Å². The highest BCUT2D eigenvalue weighted by molar-refractivity contribution is 6.21. The summed E-state index contributed by atoms with van der Waals surface area (Å²) in [5.74, 6) is -7.13. The van der Waals surface area contributed by atoms with E-state index in [1.165, 1.54) is 116 Å². The van der Waals surface area contributed by atoms with Crippen molar-refractivity contribution in [2.45, 2.75) is 231 Å². The molecule has 0 radical (unpaired) electrons. The van der Waals surface area contributed by atoms with Gasteiger partial charge in [-0.15, -0.1) is 0 Å². The van der Waals surface area contributed by atoms with Crippen molar-refractivity contribution < 1.29 is 39.6 Å². The van der Waals surface area contributed by atoms with E-state index in [1.807, 2.05) is 0 Å². The molecule has 0 aromatic carbocycles. The molecule has 0 aromatic heterocycles. The van der Waals surface area contributed by atoms with Crippen LogP contribution in [-0.2, 0) is 19.2 Å². The first-order chi connectivity index (χ1) is 23.1. The second kappa shape index (κ2) is 30.1. The summed E-state index contributed by atoms with van der Waals surface area (Å²) in [7, 11) is 0. The van der Waals surface area contributed by atoms with E-state index < -0.39 is 47.5 Å². The lowest BCUT2D eigenvalue weighted by molar-refractivity contribution is -0.207. The smallest absolute Gasteiger partial charge is 0.347 e. The molecule has 0 rings (SSSR count). The van der Waals surface area contributed by atoms with Gasteiger partial charge in [-0.25, -0.2) is 9.59 Å². The molecule has 0 aliphatic carbocycles. The van der Waals surface area contributed by atoms with Gasteiger partial charge in [0.25, 0.3) is 11.2 Å². The lowest BCUT2D eigenvalue weighted by atomic mass is 9.74. The van der Waals surface area contributed by atoms with Gasteiger partial charge < -0.3 is 20.4 Å². The van der Waals surface area contributed by atoms with Crippen LogP contribution in [0.2, 0.25) is 0 Å². The molecule has 8 nitrogen and oxygen atoms in total. The Morgan fingerprint density at radius 1 is 0.333 bits per heavy atom. The van der Waals surface area contributed by atoms with Gasteiger partial charge in [0.05, 0.1) is 0 Å². The average Bonchev–Trinajstić information content (AvgIpc) is 3.06. The zero-order valence-electron chi connectivity index (χ0n) is 31.0. The van der Waals surface area contributed by atoms with Crippen LogP contribution in [0.3, 0.4) is 0 Å². The number of carboxylic acid groups (broad SMARTS) is 2. The van der Waals surface area contributed by atoms with Crippen molar-refractivity contribution in [1.82, 2.24) is 0 Å². The average molecular weight is 683 g/mol. The number of aliphatic hydroxyl groups is 2. The number of hydrogen-bond acceptors (Lipinski definition) is 6. The molecule has 8 heteroatoms. The van der Waals surface area contributed by atoms with Gasteiger partial charge in [-0.2, -0.15) is 0 Å². The fourth-order valence-electron chi connectivity index (χ4n) is 6.63. The van der Waals surface area contributed by atoms with Crippen molar-refractivity contribution in [3.8, 4) is 0 Å². The summed E-state index contributed by atoms with van der Waals surface area (Å²) in [5, 5.41) is 41.2. The molecule has 4 N–H and O–H groups in total. The Balaban J connectivity index is 4.34. The number of hydrogen-bond donors (Lipinski definition) is 4. The summed E-state index contributed by atoms with van der Waals surface area (Å²) in [6, 6.07) is 0. The molecule has 0 amide bonds. The number of carboxylic acids is 2. The van der Waals surface area contributed by atoms with Gasteiger partial charge in [0.2, 0.25) is 0 Å². The van der Waals surface area contributed by atoms with Crippen LogP contribution >= 0.6 is 0 Å². The second-order valence-electron chi connectivity index (χ2n) is 14.3. The largest absolute Gasteiger partial charge is 0.479 e. The molecule has 0 aromatic rings. The van der Waals surface area contributed by atoms with Crippen LogP contribution in [0.5, 0.6) is 0 Å². The van der Waals surface area contributed by atoms with Crippen LogP contribution in [0.25, 0.3) is 0 Å². The molecular weight excluding hydrogens is 608 g/mol. The summed E-state index contributed by atoms with van der Waals surface area (Å²) >= 11 is 0. The van der Waals surface area contributed by atoms with Crippen molar-refractivity contribution in [1.29, 1.82) is 0 Å². The van der Waals surface area contributed by atoms with Crippen LogP contribution in [0.1, 0.15) is 219 Å². The fourth-order valence-corrected chi connectivity index (χ4v) is 6.63. The lowest BCUT2D eigenvalue weighted by Gasteiger charge is -2.34. The molecule has 0 bridgehead atoms. The van der Waals surface area contributed by atoms with E-state index in [0.717, 1.165) is 51.4 Å². The Morgan fingerprint density at radius 2 is 0.500 bits per heavy atom. The van der Waals surface area contributed by atoms with Crippen molar-refractivity contribution >= 4 is 23.5 Å². The fraction of sp³-hybridized carbons (Fsp3) is 0.900. The van der Waals surface area contributed by atoms with Crippen molar-refractivity contribution in [3.63, 3.8) is 0 Å². The summed E-state index contributed by atoms with van der Waals surface area (Å²) < 4.78 is 0. The monoisotopic (exact) mass is 683 g/mol. The predicted octanol–water partition coefficient (Wildman–Crippen LogP) is 10.3. The molecule has 0 saturated carbocycles. The van der Waals surface area contributed by atoms with Gasteiger partial charge in [0.1, 0.15) is 0 Å². The molecular formula is C40H74O8. The topological polar surface area (TPSA) is 149 Å². The molecule has 0 fully saturated rings. The van der Waals surface area contributed by atoms with Crippen LogP contribution in [0.15, 0.2) is 0 Å². The maximum absolute atomic E-state index is 12.9. The summed E-state index contributed by atoms with van der Waals surface area (Å²) in [6.45, 7) is 4.46. The van der Waals surface area contributed by atoms with E-state index >= 15 is 0 Å². The van der Waals surface area contributed by atoms with Gasteiger partial charge in [-0.05, 0) is 12.8 Å². The van der Waals surface area contributed by atoms with E-state index in [0.29, 0.717) is 12.8 Å². The van der Waals surface area contributed by atoms with Crippen molar-refractivity contribution in [2.24, 2.45) is 0 Å². The highest BCUT2D eigenvalue weighted by Crippen LogP contribution is 2.30. The van der Waals surface area contributed by atoms with E-state index in [2.05, 4.69) is 13.8 Å². The molecule has 48 heavy (non-hydrogen) atoms. The van der Waals surface area contributed by atoms with E-state index in [4.69, 9.17) is 0 Å². The van der Waals surface area contributed by atoms with Gasteiger partial charge in [-0.3, -0.25) is 9.59 Å². The van der Waals surface area contributed by atoms with E-state index in [-0.39, 0.29) is 12.8 Å². The molecule has 282 valence electrons. The second-order valence-corrected chi connectivity index (χ2v) is 14.3. The first-order valence-corrected chi connectivity index (χ1v) is 20.1. The van der Waals surface area contributed by atoms with Crippen LogP contribution in [-0.4, -0.2) is 55.1 Å². The SMILES string of the molecule is CCCCCCCCCCCCCCCCCC(=O)[C@@](O)(C(=O)O)[C@](O)(C(=O)O)C(=O)CCCCCCCCCCCCCCCCC. The number of rotatable bonds is 37. The highest BCUT2D eigenvalue weighted by atomic mass is 16.5. The van der Waals surface area contributed by atoms with Crippen molar-refractivity contribution in [3.05, 3.63) is 0 Å². The maximum atomic E-state index is 12.9. The van der Waals surface area contributed by atoms with Crippen LogP contribution in [0.4, 0.5) is 0 Å². The molecule has 0 unspecified atom stereocenters. The minimum atomic E-state index is -3.73. The number of carbonyl (C=O) groups is 4. The standard InChI is InChI=1S/C40H74O8/c1-3-5-7-9-11-13-15-17-19-21-23-25-27-29-31-33-35(41)39(47,37(43)44)40(48,38(45)46)36(42)34-32-30-28-26-24-22-20-18-16-14-12-10-8-6-4-2/h47-48H,3-34H2,1-2H3,(H,43,44)(H,45,46)/t39-,40-/m1/s1. The molecule has 0 heterocycles. The number of carbonyl (C=O) groups excluding carboxylic acids is 2. The van der Waals surface area contributed by atoms with Gasteiger partial charge in [-0.1, -0.05) is 194 Å². The van der Waals surface area contributed by atoms with Crippen molar-refractivity contribution in [2.75, 3.05) is 0 Å².